The number of hydrogen-bond donors (Lipinski definition) is 1. The maximum Gasteiger partial charge on any atom is 0.302 e. The Balaban J connectivity index is 2.26. The van der Waals surface area contributed by atoms with Gasteiger partial charge in [-0.15, -0.1) is 0 Å². The van der Waals surface area contributed by atoms with E-state index in [-0.39, 0.29) is 23.8 Å². The van der Waals surface area contributed by atoms with Gasteiger partial charge in [-0.1, -0.05) is 13.8 Å². The lowest BCUT2D eigenvalue weighted by molar-refractivity contribution is -0.142. The summed E-state index contributed by atoms with van der Waals surface area (Å²) in [5, 5.41) is 2.82. The van der Waals surface area contributed by atoms with Gasteiger partial charge in [-0.3, -0.25) is 9.59 Å². The summed E-state index contributed by atoms with van der Waals surface area (Å²) in [5.41, 5.74) is 0. The van der Waals surface area contributed by atoms with E-state index < -0.39 is 0 Å². The number of β-lactam (4-membered cyclic amide) rings is 1. The van der Waals surface area contributed by atoms with Crippen molar-refractivity contribution in [2.45, 2.75) is 33.2 Å². The van der Waals surface area contributed by atoms with E-state index >= 15 is 0 Å². The highest BCUT2D eigenvalue weighted by Crippen LogP contribution is 2.25. The molecule has 80 valence electrons. The second-order valence-corrected chi connectivity index (χ2v) is 4.01. The highest BCUT2D eigenvalue weighted by Gasteiger charge is 2.40. The Kier molecular flexibility index (Phi) is 3.49. The Morgan fingerprint density at radius 1 is 1.57 bits per heavy atom. The number of nitrogens with one attached hydrogen (secondary N) is 1. The van der Waals surface area contributed by atoms with Crippen molar-refractivity contribution in [3.63, 3.8) is 0 Å². The lowest BCUT2D eigenvalue weighted by atomic mass is 9.80. The van der Waals surface area contributed by atoms with Crippen molar-refractivity contribution in [1.29, 1.82) is 0 Å². The largest absolute Gasteiger partial charge is 0.466 e. The number of hydrogen-bond acceptors (Lipinski definition) is 3. The fourth-order valence-corrected chi connectivity index (χ4v) is 1.80. The van der Waals surface area contributed by atoms with Crippen molar-refractivity contribution in [2.24, 2.45) is 11.8 Å². The minimum atomic E-state index is -0.267. The van der Waals surface area contributed by atoms with Crippen molar-refractivity contribution in [3.8, 4) is 0 Å². The average molecular weight is 199 g/mol. The van der Waals surface area contributed by atoms with Crippen LogP contribution in [0.1, 0.15) is 27.2 Å². The number of carbonyl (C=O) groups is 2. The molecule has 0 aromatic rings. The van der Waals surface area contributed by atoms with Gasteiger partial charge in [0, 0.05) is 19.4 Å². The zero-order valence-corrected chi connectivity index (χ0v) is 8.87. The molecule has 1 heterocycles. The fraction of sp³-hybridized carbons (Fsp3) is 0.800. The van der Waals surface area contributed by atoms with Gasteiger partial charge in [-0.25, -0.2) is 0 Å². The lowest BCUT2D eigenvalue weighted by Gasteiger charge is -2.39. The molecule has 2 atom stereocenters. The van der Waals surface area contributed by atoms with Crippen LogP contribution in [0.4, 0.5) is 0 Å². The van der Waals surface area contributed by atoms with E-state index in [9.17, 15) is 9.59 Å². The lowest BCUT2D eigenvalue weighted by Crippen LogP contribution is -2.60. The summed E-state index contributed by atoms with van der Waals surface area (Å²) in [6, 6.07) is 0.182. The molecule has 0 aliphatic carbocycles. The molecule has 0 aromatic carbocycles. The molecule has 1 rings (SSSR count). The van der Waals surface area contributed by atoms with Crippen molar-refractivity contribution < 1.29 is 14.3 Å². The molecular formula is C10H17NO3. The van der Waals surface area contributed by atoms with Crippen LogP contribution in [0.3, 0.4) is 0 Å². The summed E-state index contributed by atoms with van der Waals surface area (Å²) >= 11 is 0. The first kappa shape index (κ1) is 11.0. The smallest absolute Gasteiger partial charge is 0.302 e. The molecule has 0 spiro atoms. The van der Waals surface area contributed by atoms with Gasteiger partial charge in [0.25, 0.3) is 0 Å². The molecule has 14 heavy (non-hydrogen) atoms. The predicted octanol–water partition coefficient (Wildman–Crippen LogP) is 0.710. The van der Waals surface area contributed by atoms with Gasteiger partial charge in [-0.2, -0.15) is 0 Å². The van der Waals surface area contributed by atoms with E-state index in [4.69, 9.17) is 4.74 Å². The minimum Gasteiger partial charge on any atom is -0.466 e. The fourth-order valence-electron chi connectivity index (χ4n) is 1.80. The number of ether oxygens (including phenoxy) is 1. The average Bonchev–Trinajstić information content (AvgIpc) is 2.00. The molecule has 1 N–H and O–H groups in total. The summed E-state index contributed by atoms with van der Waals surface area (Å²) in [6.45, 7) is 5.84. The number of esters is 1. The molecule has 0 unspecified atom stereocenters. The molecule has 4 heteroatoms. The maximum absolute atomic E-state index is 11.2. The van der Waals surface area contributed by atoms with Gasteiger partial charge in [0.1, 0.15) is 0 Å². The Labute approximate surface area is 84.0 Å². The Bertz CT molecular complexity index is 238. The van der Waals surface area contributed by atoms with Crippen LogP contribution in [-0.2, 0) is 14.3 Å². The molecule has 1 aliphatic rings. The molecule has 1 amide bonds. The van der Waals surface area contributed by atoms with Crippen molar-refractivity contribution in [1.82, 2.24) is 5.32 Å². The molecule has 4 nitrogen and oxygen atoms in total. The summed E-state index contributed by atoms with van der Waals surface area (Å²) in [5.74, 6) is 0.293. The van der Waals surface area contributed by atoms with Gasteiger partial charge in [0.15, 0.2) is 0 Å². The minimum absolute atomic E-state index is 0.0885. The topological polar surface area (TPSA) is 55.4 Å². The summed E-state index contributed by atoms with van der Waals surface area (Å²) in [4.78, 5) is 21.7. The number of carbonyl (C=O) groups excluding carboxylic acids is 2. The molecule has 0 bridgehead atoms. The third-order valence-corrected chi connectivity index (χ3v) is 2.52. The van der Waals surface area contributed by atoms with Gasteiger partial charge in [0.05, 0.1) is 12.5 Å². The van der Waals surface area contributed by atoms with Crippen LogP contribution >= 0.6 is 0 Å². The van der Waals surface area contributed by atoms with Crippen LogP contribution in [-0.4, -0.2) is 24.5 Å². The van der Waals surface area contributed by atoms with Crippen LogP contribution in [0.5, 0.6) is 0 Å². The molecule has 1 aliphatic heterocycles. The molecule has 0 aromatic heterocycles. The zero-order chi connectivity index (χ0) is 10.7. The SMILES string of the molecule is CC(=O)OCC[C@@H]1NC(=O)[C@H]1C(C)C. The van der Waals surface area contributed by atoms with E-state index in [1.54, 1.807) is 0 Å². The Hall–Kier alpha value is -1.06. The Morgan fingerprint density at radius 3 is 2.64 bits per heavy atom. The van der Waals surface area contributed by atoms with Crippen molar-refractivity contribution in [2.75, 3.05) is 6.61 Å². The maximum atomic E-state index is 11.2. The molecule has 0 saturated carbocycles. The van der Waals surface area contributed by atoms with Gasteiger partial charge < -0.3 is 10.1 Å². The standard InChI is InChI=1S/C10H17NO3/c1-6(2)9-8(11-10(9)13)4-5-14-7(3)12/h6,8-9H,4-5H2,1-3H3,(H,11,13)/t8-,9-/m0/s1. The van der Waals surface area contributed by atoms with Crippen molar-refractivity contribution >= 4 is 11.9 Å². The van der Waals surface area contributed by atoms with Gasteiger partial charge in [0.2, 0.25) is 5.91 Å². The molecule has 1 fully saturated rings. The first-order valence-corrected chi connectivity index (χ1v) is 4.96. The van der Waals surface area contributed by atoms with Crippen molar-refractivity contribution in [3.05, 3.63) is 0 Å². The first-order chi connectivity index (χ1) is 6.52. The molecular weight excluding hydrogens is 182 g/mol. The Morgan fingerprint density at radius 2 is 2.21 bits per heavy atom. The summed E-state index contributed by atoms with van der Waals surface area (Å²) in [6.07, 6.45) is 0.716. The monoisotopic (exact) mass is 199 g/mol. The van der Waals surface area contributed by atoms with Crippen LogP contribution in [0, 0.1) is 11.8 Å². The second kappa shape index (κ2) is 4.44. The van der Waals surface area contributed by atoms with Gasteiger partial charge >= 0.3 is 5.97 Å². The highest BCUT2D eigenvalue weighted by molar-refractivity contribution is 5.86. The summed E-state index contributed by atoms with van der Waals surface area (Å²) < 4.78 is 4.82. The van der Waals surface area contributed by atoms with E-state index in [2.05, 4.69) is 5.32 Å². The van der Waals surface area contributed by atoms with E-state index in [0.29, 0.717) is 18.9 Å². The predicted molar refractivity (Wildman–Crippen MR) is 51.5 cm³/mol. The third-order valence-electron chi connectivity index (χ3n) is 2.52. The third kappa shape index (κ3) is 2.47. The summed E-state index contributed by atoms with van der Waals surface area (Å²) in [7, 11) is 0. The second-order valence-electron chi connectivity index (χ2n) is 4.01. The first-order valence-electron chi connectivity index (χ1n) is 4.96. The van der Waals surface area contributed by atoms with Crippen LogP contribution < -0.4 is 5.32 Å². The molecule has 0 radical (unpaired) electrons. The zero-order valence-electron chi connectivity index (χ0n) is 8.87. The van der Waals surface area contributed by atoms with E-state index in [1.807, 2.05) is 13.8 Å². The van der Waals surface area contributed by atoms with Crippen LogP contribution in [0.25, 0.3) is 0 Å². The van der Waals surface area contributed by atoms with Crippen LogP contribution in [0.2, 0.25) is 0 Å². The quantitative estimate of drug-likeness (QED) is 0.536. The van der Waals surface area contributed by atoms with Gasteiger partial charge in [-0.05, 0) is 5.92 Å². The van der Waals surface area contributed by atoms with E-state index in [1.165, 1.54) is 6.92 Å². The normalized spacial score (nSPS) is 25.6. The number of rotatable bonds is 4. The van der Waals surface area contributed by atoms with Crippen LogP contribution in [0.15, 0.2) is 0 Å². The highest BCUT2D eigenvalue weighted by atomic mass is 16.5. The van der Waals surface area contributed by atoms with E-state index in [0.717, 1.165) is 0 Å². The number of amides is 1. The molecule has 1 saturated heterocycles.